The van der Waals surface area contributed by atoms with Gasteiger partial charge in [0.2, 0.25) is 0 Å². The smallest absolute Gasteiger partial charge is 0.403 e. The van der Waals surface area contributed by atoms with E-state index in [1.54, 1.807) is 22.6 Å². The molecule has 12 heteroatoms. The van der Waals surface area contributed by atoms with E-state index in [1.807, 2.05) is 25.1 Å². The number of hydrogen-bond donors (Lipinski definition) is 2. The average molecular weight is 534 g/mol. The van der Waals surface area contributed by atoms with Crippen molar-refractivity contribution in [1.82, 2.24) is 9.55 Å². The van der Waals surface area contributed by atoms with Crippen LogP contribution in [0.1, 0.15) is 23.8 Å². The number of nitrogens with zero attached hydrogens (tertiary/aromatic N) is 1. The van der Waals surface area contributed by atoms with Crippen LogP contribution in [-0.2, 0) is 25.0 Å². The Hall–Kier alpha value is -1.50. The molecular weight excluding hydrogens is 516 g/mol. The van der Waals surface area contributed by atoms with Crippen LogP contribution >= 0.6 is 30.4 Å². The Balaban J connectivity index is 1.44. The Morgan fingerprint density at radius 2 is 2.21 bits per heavy atom. The molecule has 0 saturated carbocycles. The Morgan fingerprint density at radius 1 is 1.41 bits per heavy atom. The Morgan fingerprint density at radius 3 is 3.00 bits per heavy atom. The molecule has 2 N–H and O–H groups in total. The molecule has 29 heavy (non-hydrogen) atoms. The maximum absolute atomic E-state index is 12.8. The highest BCUT2D eigenvalue weighted by Crippen LogP contribution is 2.55. The van der Waals surface area contributed by atoms with Gasteiger partial charge in [-0.05, 0) is 35.1 Å². The average Bonchev–Trinajstić information content (AvgIpc) is 3.04. The first-order valence-corrected chi connectivity index (χ1v) is 11.3. The number of aromatic nitrogens is 2. The fourth-order valence-electron chi connectivity index (χ4n) is 3.18. The van der Waals surface area contributed by atoms with E-state index in [1.165, 1.54) is 10.8 Å². The number of aliphatic hydroxyl groups excluding tert-OH is 1. The second-order valence-corrected chi connectivity index (χ2v) is 9.50. The van der Waals surface area contributed by atoms with Gasteiger partial charge < -0.3 is 14.4 Å². The third kappa shape index (κ3) is 4.21. The Kier molecular flexibility index (Phi) is 5.70. The fraction of sp³-hybridized carbons (Fsp3) is 0.412. The lowest BCUT2D eigenvalue weighted by atomic mass is 10.1. The van der Waals surface area contributed by atoms with Gasteiger partial charge in [0, 0.05) is 18.2 Å². The van der Waals surface area contributed by atoms with Gasteiger partial charge in [-0.1, -0.05) is 18.2 Å². The first-order chi connectivity index (χ1) is 13.8. The molecule has 0 amide bonds. The summed E-state index contributed by atoms with van der Waals surface area (Å²) in [6.45, 7) is 1.65. The van der Waals surface area contributed by atoms with Crippen molar-refractivity contribution in [3.63, 3.8) is 0 Å². The molecule has 2 aromatic rings. The summed E-state index contributed by atoms with van der Waals surface area (Å²) in [6.07, 6.45) is -1.16. The number of phosphoric ester groups is 1. The van der Waals surface area contributed by atoms with E-state index in [0.717, 1.165) is 11.1 Å². The molecule has 1 saturated heterocycles. The van der Waals surface area contributed by atoms with Gasteiger partial charge in [0.15, 0.2) is 0 Å². The van der Waals surface area contributed by atoms with Crippen LogP contribution in [0, 0.1) is 10.5 Å². The van der Waals surface area contributed by atoms with Crippen molar-refractivity contribution in [2.24, 2.45) is 0 Å². The number of fused-ring (bicyclic) bond motifs is 1. The molecule has 0 spiro atoms. The van der Waals surface area contributed by atoms with Crippen LogP contribution in [0.3, 0.4) is 0 Å². The second-order valence-electron chi connectivity index (χ2n) is 6.75. The maximum Gasteiger partial charge on any atom is 0.530 e. The predicted molar refractivity (Wildman–Crippen MR) is 109 cm³/mol. The van der Waals surface area contributed by atoms with Crippen molar-refractivity contribution in [3.05, 3.63) is 59.9 Å². The van der Waals surface area contributed by atoms with E-state index >= 15 is 0 Å². The fourth-order valence-corrected chi connectivity index (χ4v) is 4.91. The van der Waals surface area contributed by atoms with E-state index in [9.17, 15) is 19.3 Å². The number of rotatable bonds is 4. The molecule has 1 fully saturated rings. The van der Waals surface area contributed by atoms with Gasteiger partial charge >= 0.3 is 13.5 Å². The number of nitrogens with one attached hydrogen (secondary N) is 1. The summed E-state index contributed by atoms with van der Waals surface area (Å²) in [5.74, 6) is 0.460. The number of H-pyrrole nitrogens is 1. The molecule has 2 aliphatic rings. The van der Waals surface area contributed by atoms with Crippen molar-refractivity contribution >= 4 is 30.4 Å². The number of aryl methyl sites for hydroxylation is 1. The topological polar surface area (TPSA) is 129 Å². The lowest BCUT2D eigenvalue weighted by molar-refractivity contribution is -0.0469. The van der Waals surface area contributed by atoms with E-state index < -0.39 is 37.5 Å². The molecule has 4 rings (SSSR count). The lowest BCUT2D eigenvalue weighted by Gasteiger charge is -2.27. The SMILES string of the molecule is Cc1cccc2c1OP(=O)(OC[C@H]1O[C@@H](n3cc([125I])c(=O)[nH]c3=O)C[C@@H]1O)OC2. The largest absolute Gasteiger partial charge is 0.530 e. The van der Waals surface area contributed by atoms with Gasteiger partial charge in [-0.15, -0.1) is 0 Å². The number of para-hydroxylation sites is 1. The van der Waals surface area contributed by atoms with Crippen LogP contribution in [0.5, 0.6) is 5.75 Å². The minimum absolute atomic E-state index is 0.0796. The molecule has 0 aliphatic carbocycles. The molecule has 2 aliphatic heterocycles. The van der Waals surface area contributed by atoms with Gasteiger partial charge in [-0.3, -0.25) is 23.4 Å². The summed E-state index contributed by atoms with van der Waals surface area (Å²) in [6, 6.07) is 5.48. The summed E-state index contributed by atoms with van der Waals surface area (Å²) in [4.78, 5) is 25.7. The number of aromatic amines is 1. The number of hydrogen-bond acceptors (Lipinski definition) is 8. The maximum atomic E-state index is 12.8. The van der Waals surface area contributed by atoms with Crippen molar-refractivity contribution in [3.8, 4) is 5.75 Å². The third-order valence-electron chi connectivity index (χ3n) is 4.71. The molecule has 1 unspecified atom stereocenters. The highest BCUT2D eigenvalue weighted by molar-refractivity contribution is 14.1. The molecule has 3 heterocycles. The normalized spacial score (nSPS) is 28.7. The Bertz CT molecular complexity index is 1100. The van der Waals surface area contributed by atoms with Gasteiger partial charge in [0.05, 0.1) is 22.9 Å². The third-order valence-corrected chi connectivity index (χ3v) is 6.80. The summed E-state index contributed by atoms with van der Waals surface area (Å²) in [7, 11) is -3.88. The van der Waals surface area contributed by atoms with Crippen LogP contribution in [0.2, 0.25) is 0 Å². The van der Waals surface area contributed by atoms with Gasteiger partial charge in [-0.2, -0.15) is 0 Å². The van der Waals surface area contributed by atoms with E-state index in [0.29, 0.717) is 9.32 Å². The minimum atomic E-state index is -3.88. The number of phosphoric acid groups is 1. The monoisotopic (exact) mass is 534 g/mol. The van der Waals surface area contributed by atoms with Crippen molar-refractivity contribution in [1.29, 1.82) is 0 Å². The second kappa shape index (κ2) is 7.97. The van der Waals surface area contributed by atoms with Gasteiger partial charge in [0.25, 0.3) is 5.56 Å². The minimum Gasteiger partial charge on any atom is -0.403 e. The van der Waals surface area contributed by atoms with Crippen molar-refractivity contribution < 1.29 is 28.0 Å². The summed E-state index contributed by atoms with van der Waals surface area (Å²) in [5.41, 5.74) is 0.432. The quantitative estimate of drug-likeness (QED) is 0.450. The van der Waals surface area contributed by atoms with Crippen LogP contribution in [0.15, 0.2) is 34.0 Å². The van der Waals surface area contributed by atoms with E-state index in [2.05, 4.69) is 4.98 Å². The van der Waals surface area contributed by atoms with Gasteiger partial charge in [-0.25, -0.2) is 9.36 Å². The number of benzene rings is 1. The van der Waals surface area contributed by atoms with Crippen LogP contribution < -0.4 is 15.8 Å². The number of aliphatic hydroxyl groups is 1. The van der Waals surface area contributed by atoms with Crippen molar-refractivity contribution in [2.45, 2.75) is 38.4 Å². The van der Waals surface area contributed by atoms with Gasteiger partial charge in [0.1, 0.15) is 18.1 Å². The molecule has 0 bridgehead atoms. The highest BCUT2D eigenvalue weighted by atomic mass is 125. The first kappa shape index (κ1) is 20.8. The molecule has 10 nitrogen and oxygen atoms in total. The lowest BCUT2D eigenvalue weighted by Crippen LogP contribution is -2.33. The summed E-state index contributed by atoms with van der Waals surface area (Å²) >= 11 is 1.80. The van der Waals surface area contributed by atoms with Crippen LogP contribution in [0.25, 0.3) is 0 Å². The zero-order valence-electron chi connectivity index (χ0n) is 15.2. The molecule has 4 atom stereocenters. The van der Waals surface area contributed by atoms with Crippen LogP contribution in [0.4, 0.5) is 0 Å². The van der Waals surface area contributed by atoms with Crippen LogP contribution in [-0.4, -0.2) is 33.5 Å². The zero-order chi connectivity index (χ0) is 20.8. The standard InChI is InChI=1S/C17H18IN2O8P/c1-9-3-2-4-10-7-25-29(24,28-15(9)10)26-8-13-12(21)5-14(27-13)20-6-11(18)16(22)19-17(20)23/h2-4,6,12-14,21H,5,7-8H2,1H3,(H,19,22,23)/t12-,13+,14+,29?/m0/s1/i18-2. The van der Waals surface area contributed by atoms with E-state index in [4.69, 9.17) is 18.3 Å². The number of ether oxygens (including phenoxy) is 1. The summed E-state index contributed by atoms with van der Waals surface area (Å²) in [5, 5.41) is 10.3. The molecule has 156 valence electrons. The highest BCUT2D eigenvalue weighted by Gasteiger charge is 2.40. The first-order valence-electron chi connectivity index (χ1n) is 8.77. The molecular formula is C17H18IN2O8P. The predicted octanol–water partition coefficient (Wildman–Crippen LogP) is 1.83. The summed E-state index contributed by atoms with van der Waals surface area (Å²) < 4.78 is 36.1. The zero-order valence-corrected chi connectivity index (χ0v) is 18.3. The number of halogens is 1. The van der Waals surface area contributed by atoms with E-state index in [-0.39, 0.29) is 19.6 Å². The molecule has 0 radical (unpaired) electrons. The Labute approximate surface area is 178 Å². The molecule has 1 aromatic heterocycles. The van der Waals surface area contributed by atoms with Crippen molar-refractivity contribution in [2.75, 3.05) is 6.61 Å². The molecule has 1 aromatic carbocycles.